The highest BCUT2D eigenvalue weighted by atomic mass is 16.5. The number of carbonyl (C=O) groups is 2. The number of hydrogen-bond acceptors (Lipinski definition) is 5. The number of unbranched alkanes of at least 4 members (excludes halogenated alkanes) is 66. The predicted molar refractivity (Wildman–Crippen MR) is 421 cm³/mol. The van der Waals surface area contributed by atoms with Crippen LogP contribution >= 0.6 is 0 Å². The van der Waals surface area contributed by atoms with Crippen LogP contribution < -0.4 is 5.32 Å². The Morgan fingerprint density at radius 3 is 0.821 bits per heavy atom. The third-order valence-corrected chi connectivity index (χ3v) is 20.7. The van der Waals surface area contributed by atoms with Crippen LogP contribution in [0.3, 0.4) is 0 Å². The van der Waals surface area contributed by atoms with E-state index in [9.17, 15) is 19.8 Å². The van der Waals surface area contributed by atoms with Crippen LogP contribution in [0.2, 0.25) is 0 Å². The Hall–Kier alpha value is -1.92. The summed E-state index contributed by atoms with van der Waals surface area (Å²) < 4.78 is 5.50. The second-order valence-electron chi connectivity index (χ2n) is 30.2. The predicted octanol–water partition coefficient (Wildman–Crippen LogP) is 29.3. The van der Waals surface area contributed by atoms with Crippen LogP contribution in [-0.4, -0.2) is 47.4 Å². The van der Waals surface area contributed by atoms with Crippen molar-refractivity contribution in [3.8, 4) is 0 Å². The van der Waals surface area contributed by atoms with E-state index in [4.69, 9.17) is 4.74 Å². The number of aliphatic hydroxyl groups excluding tert-OH is 2. The molecule has 0 aliphatic rings. The van der Waals surface area contributed by atoms with Crippen molar-refractivity contribution in [2.45, 2.75) is 508 Å². The molecule has 0 radical (unpaired) electrons. The van der Waals surface area contributed by atoms with Crippen LogP contribution in [0.15, 0.2) is 36.5 Å². The first-order valence-corrected chi connectivity index (χ1v) is 43.7. The third-order valence-electron chi connectivity index (χ3n) is 20.7. The lowest BCUT2D eigenvalue weighted by Gasteiger charge is -2.22. The molecule has 0 aromatic carbocycles. The van der Waals surface area contributed by atoms with Gasteiger partial charge in [0.1, 0.15) is 0 Å². The highest BCUT2D eigenvalue weighted by Gasteiger charge is 2.20. The maximum absolute atomic E-state index is 12.6. The summed E-state index contributed by atoms with van der Waals surface area (Å²) in [5, 5.41) is 23.5. The Kier molecular flexibility index (Phi) is 82.8. The van der Waals surface area contributed by atoms with Crippen molar-refractivity contribution in [3.63, 3.8) is 0 Å². The van der Waals surface area contributed by atoms with Gasteiger partial charge in [0.05, 0.1) is 25.4 Å². The maximum atomic E-state index is 12.6. The van der Waals surface area contributed by atoms with Crippen LogP contribution in [0, 0.1) is 0 Å². The molecule has 6 nitrogen and oxygen atoms in total. The highest BCUT2D eigenvalue weighted by Crippen LogP contribution is 2.21. The molecule has 0 heterocycles. The fourth-order valence-corrected chi connectivity index (χ4v) is 14.0. The Balaban J connectivity index is 3.34. The molecule has 95 heavy (non-hydrogen) atoms. The lowest BCUT2D eigenvalue weighted by atomic mass is 10.0. The largest absolute Gasteiger partial charge is 0.466 e. The number of rotatable bonds is 83. The fraction of sp³-hybridized carbons (Fsp3) is 0.910. The second-order valence-corrected chi connectivity index (χ2v) is 30.2. The van der Waals surface area contributed by atoms with Crippen LogP contribution in [0.4, 0.5) is 0 Å². The lowest BCUT2D eigenvalue weighted by Crippen LogP contribution is -2.45. The third kappa shape index (κ3) is 80.9. The van der Waals surface area contributed by atoms with E-state index in [1.807, 2.05) is 0 Å². The minimum atomic E-state index is -0.663. The van der Waals surface area contributed by atoms with Crippen molar-refractivity contribution < 1.29 is 24.5 Å². The number of amides is 1. The van der Waals surface area contributed by atoms with Gasteiger partial charge in [0.2, 0.25) is 5.91 Å². The molecule has 0 bridgehead atoms. The summed E-state index contributed by atoms with van der Waals surface area (Å²) in [6.45, 7) is 4.99. The summed E-state index contributed by atoms with van der Waals surface area (Å²) in [5.41, 5.74) is 0. The van der Waals surface area contributed by atoms with Gasteiger partial charge in [-0.2, -0.15) is 0 Å². The molecule has 562 valence electrons. The average Bonchev–Trinajstić information content (AvgIpc) is 2.97. The van der Waals surface area contributed by atoms with Crippen LogP contribution in [0.5, 0.6) is 0 Å². The van der Waals surface area contributed by atoms with Crippen molar-refractivity contribution in [3.05, 3.63) is 36.5 Å². The lowest BCUT2D eigenvalue weighted by molar-refractivity contribution is -0.143. The molecule has 2 atom stereocenters. The van der Waals surface area contributed by atoms with Gasteiger partial charge in [-0.15, -0.1) is 0 Å². The quantitative estimate of drug-likeness (QED) is 0.0320. The summed E-state index contributed by atoms with van der Waals surface area (Å²) in [7, 11) is 0. The van der Waals surface area contributed by atoms with Gasteiger partial charge < -0.3 is 20.3 Å². The van der Waals surface area contributed by atoms with E-state index in [0.29, 0.717) is 25.9 Å². The van der Waals surface area contributed by atoms with Gasteiger partial charge in [0.25, 0.3) is 0 Å². The van der Waals surface area contributed by atoms with Gasteiger partial charge in [-0.1, -0.05) is 436 Å². The molecule has 0 spiro atoms. The van der Waals surface area contributed by atoms with E-state index in [1.54, 1.807) is 0 Å². The number of aliphatic hydroxyl groups is 2. The Bertz CT molecular complexity index is 1540. The molecule has 0 aromatic heterocycles. The van der Waals surface area contributed by atoms with Gasteiger partial charge in [-0.3, -0.25) is 9.59 Å². The first-order chi connectivity index (χ1) is 47.0. The zero-order valence-electron chi connectivity index (χ0n) is 64.7. The van der Waals surface area contributed by atoms with Gasteiger partial charge in [-0.25, -0.2) is 0 Å². The monoisotopic (exact) mass is 1330 g/mol. The smallest absolute Gasteiger partial charge is 0.305 e. The van der Waals surface area contributed by atoms with E-state index >= 15 is 0 Å². The van der Waals surface area contributed by atoms with E-state index in [-0.39, 0.29) is 18.5 Å². The number of carbonyl (C=O) groups excluding carboxylic acids is 2. The average molecular weight is 1340 g/mol. The molecule has 6 heteroatoms. The molecule has 0 aromatic rings. The van der Waals surface area contributed by atoms with E-state index < -0.39 is 12.1 Å². The first-order valence-electron chi connectivity index (χ1n) is 43.7. The molecule has 0 saturated carbocycles. The summed E-state index contributed by atoms with van der Waals surface area (Å²) in [4.78, 5) is 24.7. The Labute approximate surface area is 595 Å². The fourth-order valence-electron chi connectivity index (χ4n) is 14.0. The first kappa shape index (κ1) is 93.1. The van der Waals surface area contributed by atoms with Crippen LogP contribution in [-0.2, 0) is 14.3 Å². The molecule has 0 aliphatic heterocycles. The summed E-state index contributed by atoms with van der Waals surface area (Å²) >= 11 is 0. The Morgan fingerprint density at radius 2 is 0.526 bits per heavy atom. The van der Waals surface area contributed by atoms with E-state index in [0.717, 1.165) is 51.4 Å². The molecule has 0 fully saturated rings. The zero-order chi connectivity index (χ0) is 68.4. The van der Waals surface area contributed by atoms with Gasteiger partial charge in [0, 0.05) is 12.8 Å². The van der Waals surface area contributed by atoms with Gasteiger partial charge >= 0.3 is 5.97 Å². The SMILES string of the molecule is CCCCCC/C=C\C/C=C\CCCCCCCC(=O)OCCCCCCCCCCCCCCCCCC/C=C\CCCCCCCCCCCCCCCCCCCC(=O)NC(CO)C(O)CCCCCCCCCCCCCCCCCCCCCCCCCCC. The number of hydrogen-bond donors (Lipinski definition) is 3. The summed E-state index contributed by atoms with van der Waals surface area (Å²) in [5.74, 6) is -0.0159. The topological polar surface area (TPSA) is 95.9 Å². The molecular formula is C89H171NO5. The standard InChI is InChI=1S/C89H171NO5/c1-3-5-7-9-11-13-15-17-19-21-22-23-24-38-41-44-47-50-53-57-61-65-69-73-77-81-87(92)86(85-91)90-88(93)82-78-74-70-66-62-58-54-51-48-45-42-39-36-34-32-30-28-26-25-27-29-31-33-35-37-40-43-46-49-52-56-60-64-68-72-76-80-84-95-89(94)83-79-75-71-67-63-59-55-20-18-16-14-12-10-8-6-4-2/h14,16,20,25,27,55,86-87,91-92H,3-13,15,17-19,21-24,26,28-54,56-85H2,1-2H3,(H,90,93)/b16-14-,27-25-,55-20-. The number of ether oxygens (including phenoxy) is 1. The Morgan fingerprint density at radius 1 is 0.295 bits per heavy atom. The minimum Gasteiger partial charge on any atom is -0.466 e. The zero-order valence-corrected chi connectivity index (χ0v) is 64.7. The van der Waals surface area contributed by atoms with Gasteiger partial charge in [-0.05, 0) is 83.5 Å². The van der Waals surface area contributed by atoms with Gasteiger partial charge in [0.15, 0.2) is 0 Å². The van der Waals surface area contributed by atoms with Crippen molar-refractivity contribution in [2.75, 3.05) is 13.2 Å². The summed E-state index contributed by atoms with van der Waals surface area (Å²) in [6, 6.07) is -0.540. The molecule has 0 saturated heterocycles. The maximum Gasteiger partial charge on any atom is 0.305 e. The van der Waals surface area contributed by atoms with Crippen molar-refractivity contribution in [1.29, 1.82) is 0 Å². The normalized spacial score (nSPS) is 12.6. The van der Waals surface area contributed by atoms with Crippen molar-refractivity contribution in [2.24, 2.45) is 0 Å². The van der Waals surface area contributed by atoms with Crippen LogP contribution in [0.25, 0.3) is 0 Å². The molecule has 0 rings (SSSR count). The molecule has 1 amide bonds. The molecule has 2 unspecified atom stereocenters. The van der Waals surface area contributed by atoms with Crippen molar-refractivity contribution >= 4 is 11.9 Å². The number of allylic oxidation sites excluding steroid dienone is 6. The molecule has 3 N–H and O–H groups in total. The minimum absolute atomic E-state index is 0.00885. The van der Waals surface area contributed by atoms with Crippen LogP contribution in [0.1, 0.15) is 495 Å². The second kappa shape index (κ2) is 84.5. The number of esters is 1. The summed E-state index contributed by atoms with van der Waals surface area (Å²) in [6.07, 6.45) is 111. The van der Waals surface area contributed by atoms with E-state index in [1.165, 1.54) is 411 Å². The van der Waals surface area contributed by atoms with E-state index in [2.05, 4.69) is 55.6 Å². The molecular weight excluding hydrogens is 1160 g/mol. The molecule has 0 aliphatic carbocycles. The number of nitrogens with one attached hydrogen (secondary N) is 1. The van der Waals surface area contributed by atoms with Crippen molar-refractivity contribution in [1.82, 2.24) is 5.32 Å². The highest BCUT2D eigenvalue weighted by molar-refractivity contribution is 5.76.